The van der Waals surface area contributed by atoms with Crippen LogP contribution in [0.25, 0.3) is 11.0 Å². The van der Waals surface area contributed by atoms with Crippen LogP contribution in [0.15, 0.2) is 51.9 Å². The van der Waals surface area contributed by atoms with Gasteiger partial charge >= 0.3 is 0 Å². The maximum atomic E-state index is 13.2. The number of ether oxygens (including phenoxy) is 4. The van der Waals surface area contributed by atoms with Crippen molar-refractivity contribution in [2.24, 2.45) is 0 Å². The standard InChI is InChI=1S/C25H28N2O6/c1-2-30-21-5-3-4-6-22(21)33-23-16-31-25-18(24(23)28)7-8-20-19(25)15-27(17-32-20)10-9-26-11-13-29-14-12-26/h3-8,16H,2,9-15,17H2,1H3. The van der Waals surface area contributed by atoms with E-state index < -0.39 is 0 Å². The zero-order valence-electron chi connectivity index (χ0n) is 18.7. The molecule has 0 saturated carbocycles. The molecule has 3 aromatic rings. The Labute approximate surface area is 192 Å². The Balaban J connectivity index is 1.37. The lowest BCUT2D eigenvalue weighted by Gasteiger charge is -2.32. The van der Waals surface area contributed by atoms with Crippen molar-refractivity contribution in [2.75, 3.05) is 52.7 Å². The highest BCUT2D eigenvalue weighted by molar-refractivity contribution is 5.83. The lowest BCUT2D eigenvalue weighted by Crippen LogP contribution is -2.43. The fraction of sp³-hybridized carbons (Fsp3) is 0.400. The maximum absolute atomic E-state index is 13.2. The summed E-state index contributed by atoms with van der Waals surface area (Å²) >= 11 is 0. The molecule has 2 aromatic carbocycles. The van der Waals surface area contributed by atoms with Crippen LogP contribution in [0, 0.1) is 0 Å². The molecule has 0 spiro atoms. The molecule has 2 aliphatic rings. The monoisotopic (exact) mass is 452 g/mol. The van der Waals surface area contributed by atoms with Crippen LogP contribution in [0.1, 0.15) is 12.5 Å². The second kappa shape index (κ2) is 9.82. The van der Waals surface area contributed by atoms with E-state index >= 15 is 0 Å². The average Bonchev–Trinajstić information content (AvgIpc) is 2.86. The Bertz CT molecular complexity index is 1170. The van der Waals surface area contributed by atoms with Crippen LogP contribution in [0.3, 0.4) is 0 Å². The molecule has 0 atom stereocenters. The number of fused-ring (bicyclic) bond motifs is 3. The highest BCUT2D eigenvalue weighted by atomic mass is 16.5. The minimum absolute atomic E-state index is 0.121. The molecule has 2 aliphatic heterocycles. The second-order valence-electron chi connectivity index (χ2n) is 8.11. The van der Waals surface area contributed by atoms with Crippen LogP contribution in [0.5, 0.6) is 23.0 Å². The zero-order chi connectivity index (χ0) is 22.6. The third kappa shape index (κ3) is 4.68. The number of hydrogen-bond donors (Lipinski definition) is 0. The van der Waals surface area contributed by atoms with E-state index in [1.165, 1.54) is 6.26 Å². The van der Waals surface area contributed by atoms with Gasteiger partial charge in [-0.1, -0.05) is 12.1 Å². The fourth-order valence-electron chi connectivity index (χ4n) is 4.19. The lowest BCUT2D eigenvalue weighted by molar-refractivity contribution is 0.0241. The lowest BCUT2D eigenvalue weighted by atomic mass is 10.1. The number of benzene rings is 2. The first-order chi connectivity index (χ1) is 16.2. The van der Waals surface area contributed by atoms with Crippen molar-refractivity contribution in [2.45, 2.75) is 13.5 Å². The summed E-state index contributed by atoms with van der Waals surface area (Å²) in [5.74, 6) is 1.93. The molecular formula is C25H28N2O6. The summed E-state index contributed by atoms with van der Waals surface area (Å²) in [5, 5.41) is 0.471. The largest absolute Gasteiger partial charge is 0.490 e. The first-order valence-corrected chi connectivity index (χ1v) is 11.3. The molecule has 1 fully saturated rings. The van der Waals surface area contributed by atoms with Gasteiger partial charge in [0.25, 0.3) is 0 Å². The molecule has 1 saturated heterocycles. The van der Waals surface area contributed by atoms with Crippen LogP contribution in [0.4, 0.5) is 0 Å². The van der Waals surface area contributed by atoms with Gasteiger partial charge < -0.3 is 23.4 Å². The highest BCUT2D eigenvalue weighted by Crippen LogP contribution is 2.34. The van der Waals surface area contributed by atoms with E-state index in [9.17, 15) is 4.79 Å². The molecule has 33 heavy (non-hydrogen) atoms. The van der Waals surface area contributed by atoms with E-state index in [2.05, 4.69) is 9.80 Å². The van der Waals surface area contributed by atoms with E-state index in [1.54, 1.807) is 18.2 Å². The quantitative estimate of drug-likeness (QED) is 0.540. The smallest absolute Gasteiger partial charge is 0.235 e. The van der Waals surface area contributed by atoms with Gasteiger partial charge in [-0.25, -0.2) is 0 Å². The van der Waals surface area contributed by atoms with Crippen LogP contribution < -0.4 is 19.6 Å². The topological polar surface area (TPSA) is 73.6 Å². The van der Waals surface area contributed by atoms with E-state index in [0.717, 1.165) is 50.7 Å². The Morgan fingerprint density at radius 1 is 0.970 bits per heavy atom. The normalized spacial score (nSPS) is 16.9. The zero-order valence-corrected chi connectivity index (χ0v) is 18.7. The molecule has 174 valence electrons. The van der Waals surface area contributed by atoms with Gasteiger partial charge in [-0.15, -0.1) is 0 Å². The number of rotatable bonds is 7. The molecule has 0 N–H and O–H groups in total. The van der Waals surface area contributed by atoms with E-state index in [0.29, 0.717) is 42.4 Å². The van der Waals surface area contributed by atoms with Crippen molar-refractivity contribution < 1.29 is 23.4 Å². The van der Waals surface area contributed by atoms with Gasteiger partial charge in [0, 0.05) is 32.7 Å². The van der Waals surface area contributed by atoms with E-state index in [1.807, 2.05) is 25.1 Å². The van der Waals surface area contributed by atoms with Gasteiger partial charge in [0.05, 0.1) is 30.8 Å². The number of hydrogen-bond acceptors (Lipinski definition) is 8. The van der Waals surface area contributed by atoms with Crippen molar-refractivity contribution in [3.8, 4) is 23.0 Å². The molecule has 1 aromatic heterocycles. The van der Waals surface area contributed by atoms with Crippen LogP contribution in [-0.2, 0) is 11.3 Å². The van der Waals surface area contributed by atoms with Gasteiger partial charge in [-0.3, -0.25) is 14.6 Å². The van der Waals surface area contributed by atoms with Crippen molar-refractivity contribution in [1.29, 1.82) is 0 Å². The summed E-state index contributed by atoms with van der Waals surface area (Å²) in [5.41, 5.74) is 1.20. The minimum atomic E-state index is -0.226. The van der Waals surface area contributed by atoms with Gasteiger partial charge in [0.1, 0.15) is 24.3 Å². The molecule has 3 heterocycles. The molecule has 5 rings (SSSR count). The molecule has 0 unspecified atom stereocenters. The molecule has 8 heteroatoms. The minimum Gasteiger partial charge on any atom is -0.490 e. The van der Waals surface area contributed by atoms with Crippen LogP contribution in [0.2, 0.25) is 0 Å². The third-order valence-electron chi connectivity index (χ3n) is 5.96. The Morgan fingerprint density at radius 3 is 2.58 bits per heavy atom. The average molecular weight is 453 g/mol. The van der Waals surface area contributed by atoms with Gasteiger partial charge in [-0.05, 0) is 31.2 Å². The van der Waals surface area contributed by atoms with Crippen molar-refractivity contribution in [3.05, 3.63) is 58.4 Å². The Hall–Kier alpha value is -3.07. The summed E-state index contributed by atoms with van der Waals surface area (Å²) in [6, 6.07) is 10.8. The van der Waals surface area contributed by atoms with Crippen LogP contribution in [-0.4, -0.2) is 62.5 Å². The molecule has 8 nitrogen and oxygen atoms in total. The predicted molar refractivity (Wildman–Crippen MR) is 123 cm³/mol. The van der Waals surface area contributed by atoms with Crippen molar-refractivity contribution in [3.63, 3.8) is 0 Å². The van der Waals surface area contributed by atoms with Gasteiger partial charge in [0.2, 0.25) is 11.2 Å². The fourth-order valence-corrected chi connectivity index (χ4v) is 4.19. The summed E-state index contributed by atoms with van der Waals surface area (Å²) in [7, 11) is 0. The number of para-hydroxylation sites is 2. The van der Waals surface area contributed by atoms with E-state index in [-0.39, 0.29) is 11.2 Å². The van der Waals surface area contributed by atoms with E-state index in [4.69, 9.17) is 23.4 Å². The first kappa shape index (κ1) is 21.8. The summed E-state index contributed by atoms with van der Waals surface area (Å²) in [6.07, 6.45) is 1.38. The van der Waals surface area contributed by atoms with Crippen molar-refractivity contribution in [1.82, 2.24) is 9.80 Å². The maximum Gasteiger partial charge on any atom is 0.235 e. The summed E-state index contributed by atoms with van der Waals surface area (Å²) in [4.78, 5) is 17.8. The SMILES string of the molecule is CCOc1ccccc1Oc1coc2c3c(ccc2c1=O)OCN(CCN1CCOCC1)C3. The summed E-state index contributed by atoms with van der Waals surface area (Å²) < 4.78 is 28.8. The van der Waals surface area contributed by atoms with Crippen LogP contribution >= 0.6 is 0 Å². The second-order valence-corrected chi connectivity index (χ2v) is 8.11. The molecular weight excluding hydrogens is 424 g/mol. The molecule has 0 aliphatic carbocycles. The third-order valence-corrected chi connectivity index (χ3v) is 5.96. The van der Waals surface area contributed by atoms with Gasteiger partial charge in [0.15, 0.2) is 11.5 Å². The molecule has 0 bridgehead atoms. The molecule has 0 radical (unpaired) electrons. The Kier molecular flexibility index (Phi) is 6.48. The first-order valence-electron chi connectivity index (χ1n) is 11.3. The summed E-state index contributed by atoms with van der Waals surface area (Å²) in [6.45, 7) is 8.89. The Morgan fingerprint density at radius 2 is 1.76 bits per heavy atom. The molecule has 0 amide bonds. The number of nitrogens with zero attached hydrogens (tertiary/aromatic N) is 2. The van der Waals surface area contributed by atoms with Gasteiger partial charge in [-0.2, -0.15) is 0 Å². The predicted octanol–water partition coefficient (Wildman–Crippen LogP) is 3.47. The van der Waals surface area contributed by atoms with Crippen molar-refractivity contribution >= 4 is 11.0 Å². The number of morpholine rings is 1. The highest BCUT2D eigenvalue weighted by Gasteiger charge is 2.24.